The van der Waals surface area contributed by atoms with Gasteiger partial charge in [-0.3, -0.25) is 0 Å². The predicted molar refractivity (Wildman–Crippen MR) is 67.9 cm³/mol. The second-order valence-electron chi connectivity index (χ2n) is 4.42. The first-order chi connectivity index (χ1) is 9.02. The molecule has 102 valence electrons. The van der Waals surface area contributed by atoms with Gasteiger partial charge in [0, 0.05) is 6.07 Å². The summed E-state index contributed by atoms with van der Waals surface area (Å²) in [5, 5.41) is 9.11. The molecule has 19 heavy (non-hydrogen) atoms. The molecule has 8 heteroatoms. The van der Waals surface area contributed by atoms with Gasteiger partial charge >= 0.3 is 11.7 Å². The van der Waals surface area contributed by atoms with Crippen molar-refractivity contribution in [2.75, 3.05) is 12.4 Å². The number of esters is 1. The molecule has 1 unspecified atom stereocenters. The Bertz CT molecular complexity index is 645. The van der Waals surface area contributed by atoms with Gasteiger partial charge in [-0.2, -0.15) is 5.10 Å². The minimum atomic E-state index is -0.509. The Kier molecular flexibility index (Phi) is 3.50. The first-order valence-electron chi connectivity index (χ1n) is 5.80. The van der Waals surface area contributed by atoms with Crippen molar-refractivity contribution in [3.8, 4) is 0 Å². The average Bonchev–Trinajstić information content (AvgIpc) is 2.76. The Morgan fingerprint density at radius 2 is 2.26 bits per heavy atom. The maximum Gasteiger partial charge on any atom is 0.348 e. The molecule has 2 N–H and O–H groups in total. The molecule has 0 spiro atoms. The van der Waals surface area contributed by atoms with Gasteiger partial charge in [-0.05, 0) is 5.92 Å². The molecule has 0 amide bonds. The van der Waals surface area contributed by atoms with E-state index in [2.05, 4.69) is 20.5 Å². The van der Waals surface area contributed by atoms with Crippen molar-refractivity contribution >= 4 is 17.4 Å². The summed E-state index contributed by atoms with van der Waals surface area (Å²) in [4.78, 5) is 27.0. The Labute approximate surface area is 108 Å². The van der Waals surface area contributed by atoms with Crippen LogP contribution >= 0.6 is 0 Å². The van der Waals surface area contributed by atoms with Crippen LogP contribution in [0.5, 0.6) is 0 Å². The molecule has 2 aromatic rings. The summed E-state index contributed by atoms with van der Waals surface area (Å²) < 4.78 is 6.00. The minimum absolute atomic E-state index is 0.0341. The van der Waals surface area contributed by atoms with Crippen LogP contribution in [0.1, 0.15) is 13.8 Å². The molecule has 0 aliphatic rings. The van der Waals surface area contributed by atoms with E-state index in [4.69, 9.17) is 4.74 Å². The van der Waals surface area contributed by atoms with Crippen molar-refractivity contribution in [2.45, 2.75) is 19.9 Å². The number of methoxy groups -OCH3 is 1. The number of carbonyl (C=O) groups is 1. The lowest BCUT2D eigenvalue weighted by atomic mass is 10.0. The van der Waals surface area contributed by atoms with Gasteiger partial charge in [0.05, 0.1) is 7.11 Å². The van der Waals surface area contributed by atoms with E-state index in [1.807, 2.05) is 13.8 Å². The molecule has 0 fully saturated rings. The fourth-order valence-corrected chi connectivity index (χ4v) is 1.67. The summed E-state index contributed by atoms with van der Waals surface area (Å²) in [7, 11) is 1.34. The quantitative estimate of drug-likeness (QED) is 0.756. The second kappa shape index (κ2) is 5.09. The molecule has 1 atom stereocenters. The van der Waals surface area contributed by atoms with Crippen molar-refractivity contribution < 1.29 is 9.53 Å². The summed E-state index contributed by atoms with van der Waals surface area (Å²) in [6.07, 6.45) is 1.35. The average molecular weight is 265 g/mol. The molecule has 0 saturated heterocycles. The number of hydrogen-bond donors (Lipinski definition) is 2. The number of anilines is 1. The molecular weight excluding hydrogens is 250 g/mol. The van der Waals surface area contributed by atoms with E-state index >= 15 is 0 Å². The summed E-state index contributed by atoms with van der Waals surface area (Å²) in [6.45, 7) is 3.79. The van der Waals surface area contributed by atoms with Crippen molar-refractivity contribution in [1.29, 1.82) is 0 Å². The van der Waals surface area contributed by atoms with E-state index in [1.54, 1.807) is 6.07 Å². The van der Waals surface area contributed by atoms with Crippen LogP contribution in [0.25, 0.3) is 5.65 Å². The number of nitrogens with zero attached hydrogens (tertiary/aromatic N) is 3. The lowest BCUT2D eigenvalue weighted by molar-refractivity contribution is -0.142. The van der Waals surface area contributed by atoms with Crippen LogP contribution in [0.3, 0.4) is 0 Å². The molecule has 2 rings (SSSR count). The standard InChI is InChI=1S/C11H15N5O3/c1-6(2)9(10(17)19-3)13-7-4-8-14-15-11(18)16(8)5-12-7/h4-6,9,13H,1-3H3,(H,15,18). The molecule has 0 aliphatic heterocycles. The number of carbonyl (C=O) groups excluding carboxylic acids is 1. The number of nitrogens with one attached hydrogen (secondary N) is 2. The van der Waals surface area contributed by atoms with Crippen LogP contribution in [0.4, 0.5) is 5.82 Å². The van der Waals surface area contributed by atoms with E-state index in [0.717, 1.165) is 0 Å². The number of aromatic nitrogens is 4. The van der Waals surface area contributed by atoms with Crippen LogP contribution in [0.15, 0.2) is 17.2 Å². The lowest BCUT2D eigenvalue weighted by Gasteiger charge is -2.20. The SMILES string of the molecule is COC(=O)C(Nc1cc2n[nH]c(=O)n2cn1)C(C)C. The van der Waals surface area contributed by atoms with E-state index in [-0.39, 0.29) is 17.6 Å². The Hall–Kier alpha value is -2.38. The molecule has 2 heterocycles. The second-order valence-corrected chi connectivity index (χ2v) is 4.42. The van der Waals surface area contributed by atoms with Gasteiger partial charge in [0.1, 0.15) is 18.2 Å². The number of H-pyrrole nitrogens is 1. The molecule has 0 aromatic carbocycles. The van der Waals surface area contributed by atoms with Crippen molar-refractivity contribution in [3.05, 3.63) is 22.9 Å². The van der Waals surface area contributed by atoms with Crippen LogP contribution in [0.2, 0.25) is 0 Å². The van der Waals surface area contributed by atoms with Gasteiger partial charge in [0.25, 0.3) is 0 Å². The summed E-state index contributed by atoms with van der Waals surface area (Å²) in [6, 6.07) is 1.07. The Morgan fingerprint density at radius 1 is 1.53 bits per heavy atom. The van der Waals surface area contributed by atoms with Gasteiger partial charge in [-0.1, -0.05) is 13.8 Å². The van der Waals surface area contributed by atoms with Gasteiger partial charge in [0.2, 0.25) is 0 Å². The predicted octanol–water partition coefficient (Wildman–Crippen LogP) is 0.0271. The molecule has 0 radical (unpaired) electrons. The van der Waals surface area contributed by atoms with E-state index in [9.17, 15) is 9.59 Å². The highest BCUT2D eigenvalue weighted by atomic mass is 16.5. The number of ether oxygens (including phenoxy) is 1. The van der Waals surface area contributed by atoms with Gasteiger partial charge in [-0.15, -0.1) is 0 Å². The Morgan fingerprint density at radius 3 is 2.89 bits per heavy atom. The summed E-state index contributed by atoms with van der Waals surface area (Å²) >= 11 is 0. The first-order valence-corrected chi connectivity index (χ1v) is 5.80. The zero-order valence-electron chi connectivity index (χ0n) is 10.9. The number of aromatic amines is 1. The molecule has 0 bridgehead atoms. The molecule has 0 aliphatic carbocycles. The number of hydrogen-bond acceptors (Lipinski definition) is 6. The number of rotatable bonds is 4. The van der Waals surface area contributed by atoms with Crippen molar-refractivity contribution in [2.24, 2.45) is 5.92 Å². The maximum absolute atomic E-state index is 11.6. The fraction of sp³-hybridized carbons (Fsp3) is 0.455. The van der Waals surface area contributed by atoms with Crippen molar-refractivity contribution in [3.63, 3.8) is 0 Å². The third-order valence-electron chi connectivity index (χ3n) is 2.73. The van der Waals surface area contributed by atoms with Crippen LogP contribution < -0.4 is 11.0 Å². The monoisotopic (exact) mass is 265 g/mol. The maximum atomic E-state index is 11.6. The largest absolute Gasteiger partial charge is 0.467 e. The normalized spacial score (nSPS) is 12.6. The highest BCUT2D eigenvalue weighted by Crippen LogP contribution is 2.12. The molecular formula is C11H15N5O3. The fourth-order valence-electron chi connectivity index (χ4n) is 1.67. The van der Waals surface area contributed by atoms with E-state index < -0.39 is 6.04 Å². The summed E-state index contributed by atoms with van der Waals surface area (Å²) in [5.74, 6) is 0.124. The van der Waals surface area contributed by atoms with Crippen LogP contribution in [0, 0.1) is 5.92 Å². The first kappa shape index (κ1) is 13.1. The topological polar surface area (TPSA) is 101 Å². The van der Waals surface area contributed by atoms with Crippen LogP contribution in [-0.4, -0.2) is 38.7 Å². The van der Waals surface area contributed by atoms with E-state index in [1.165, 1.54) is 17.8 Å². The van der Waals surface area contributed by atoms with Crippen molar-refractivity contribution in [1.82, 2.24) is 19.6 Å². The number of fused-ring (bicyclic) bond motifs is 1. The third kappa shape index (κ3) is 2.56. The Balaban J connectivity index is 2.28. The zero-order valence-corrected chi connectivity index (χ0v) is 10.9. The molecule has 0 saturated carbocycles. The highest BCUT2D eigenvalue weighted by molar-refractivity contribution is 5.79. The smallest absolute Gasteiger partial charge is 0.348 e. The zero-order chi connectivity index (χ0) is 14.0. The highest BCUT2D eigenvalue weighted by Gasteiger charge is 2.23. The van der Waals surface area contributed by atoms with Gasteiger partial charge < -0.3 is 10.1 Å². The third-order valence-corrected chi connectivity index (χ3v) is 2.73. The molecule has 2 aromatic heterocycles. The lowest BCUT2D eigenvalue weighted by Crippen LogP contribution is -2.35. The van der Waals surface area contributed by atoms with Crippen LogP contribution in [-0.2, 0) is 9.53 Å². The van der Waals surface area contributed by atoms with E-state index in [0.29, 0.717) is 11.5 Å². The van der Waals surface area contributed by atoms with Gasteiger partial charge in [-0.25, -0.2) is 24.1 Å². The minimum Gasteiger partial charge on any atom is -0.467 e. The molecule has 8 nitrogen and oxygen atoms in total. The van der Waals surface area contributed by atoms with Gasteiger partial charge in [0.15, 0.2) is 5.65 Å². The summed E-state index contributed by atoms with van der Waals surface area (Å²) in [5.41, 5.74) is 0.0669.